The van der Waals surface area contributed by atoms with Gasteiger partial charge < -0.3 is 19.5 Å². The summed E-state index contributed by atoms with van der Waals surface area (Å²) in [5.74, 6) is 0. The molecular weight excluding hydrogens is 218 g/mol. The third-order valence-electron chi connectivity index (χ3n) is 3.30. The van der Waals surface area contributed by atoms with Crippen molar-refractivity contribution in [3.8, 4) is 0 Å². The topological polar surface area (TPSA) is 39.7 Å². The highest BCUT2D eigenvalue weighted by molar-refractivity contribution is 4.70. The highest BCUT2D eigenvalue weighted by Crippen LogP contribution is 2.12. The predicted molar refractivity (Wildman–Crippen MR) is 68.4 cm³/mol. The molecule has 1 rings (SSSR count). The first-order chi connectivity index (χ1) is 8.14. The summed E-state index contributed by atoms with van der Waals surface area (Å²) in [5.41, 5.74) is -0.0753. The van der Waals surface area contributed by atoms with Gasteiger partial charge in [-0.05, 0) is 33.1 Å². The van der Waals surface area contributed by atoms with Gasteiger partial charge in [-0.1, -0.05) is 0 Å². The predicted octanol–water partition coefficient (Wildman–Crippen LogP) is 1.59. The zero-order chi connectivity index (χ0) is 12.6. The average molecular weight is 245 g/mol. The molecule has 0 bridgehead atoms. The zero-order valence-corrected chi connectivity index (χ0v) is 11.5. The van der Waals surface area contributed by atoms with Crippen LogP contribution in [-0.2, 0) is 14.2 Å². The zero-order valence-electron chi connectivity index (χ0n) is 11.5. The highest BCUT2D eigenvalue weighted by atomic mass is 16.5. The fourth-order valence-electron chi connectivity index (χ4n) is 1.76. The van der Waals surface area contributed by atoms with Crippen LogP contribution in [0.15, 0.2) is 0 Å². The second kappa shape index (κ2) is 8.03. The molecule has 1 heterocycles. The fraction of sp³-hybridized carbons (Fsp3) is 1.00. The Morgan fingerprint density at radius 3 is 2.59 bits per heavy atom. The largest absolute Gasteiger partial charge is 0.381 e. The maximum absolute atomic E-state index is 5.59. The van der Waals surface area contributed by atoms with Crippen LogP contribution in [0.4, 0.5) is 0 Å². The highest BCUT2D eigenvalue weighted by Gasteiger charge is 2.15. The van der Waals surface area contributed by atoms with Gasteiger partial charge in [-0.25, -0.2) is 0 Å². The smallest absolute Gasteiger partial charge is 0.0644 e. The van der Waals surface area contributed by atoms with E-state index in [4.69, 9.17) is 14.2 Å². The molecule has 4 heteroatoms. The molecule has 1 aliphatic rings. The van der Waals surface area contributed by atoms with E-state index in [9.17, 15) is 0 Å². The van der Waals surface area contributed by atoms with E-state index in [1.54, 1.807) is 7.11 Å². The Kier molecular flexibility index (Phi) is 7.04. The lowest BCUT2D eigenvalue weighted by Crippen LogP contribution is -2.36. The van der Waals surface area contributed by atoms with Gasteiger partial charge in [0.1, 0.15) is 0 Å². The summed E-state index contributed by atoms with van der Waals surface area (Å²) >= 11 is 0. The van der Waals surface area contributed by atoms with Gasteiger partial charge in [-0.2, -0.15) is 0 Å². The van der Waals surface area contributed by atoms with Crippen LogP contribution in [0.3, 0.4) is 0 Å². The number of hydrogen-bond acceptors (Lipinski definition) is 4. The van der Waals surface area contributed by atoms with Crippen molar-refractivity contribution in [1.29, 1.82) is 0 Å². The van der Waals surface area contributed by atoms with Crippen LogP contribution in [0.25, 0.3) is 0 Å². The van der Waals surface area contributed by atoms with Crippen molar-refractivity contribution in [1.82, 2.24) is 5.32 Å². The SMILES string of the molecule is COC(C)(C)CCOCCNC1CCOCC1. The molecule has 0 aromatic carbocycles. The Balaban J connectivity index is 1.90. The molecule has 0 unspecified atom stereocenters. The minimum Gasteiger partial charge on any atom is -0.381 e. The first kappa shape index (κ1) is 14.9. The van der Waals surface area contributed by atoms with Crippen LogP contribution in [-0.4, -0.2) is 51.7 Å². The quantitative estimate of drug-likeness (QED) is 0.659. The van der Waals surface area contributed by atoms with Crippen LogP contribution < -0.4 is 5.32 Å². The van der Waals surface area contributed by atoms with Crippen LogP contribution in [0.2, 0.25) is 0 Å². The van der Waals surface area contributed by atoms with Crippen molar-refractivity contribution in [3.05, 3.63) is 0 Å². The lowest BCUT2D eigenvalue weighted by atomic mass is 10.1. The molecule has 1 fully saturated rings. The van der Waals surface area contributed by atoms with Crippen molar-refractivity contribution in [2.75, 3.05) is 40.1 Å². The van der Waals surface area contributed by atoms with Gasteiger partial charge in [0.15, 0.2) is 0 Å². The maximum atomic E-state index is 5.59. The Bertz CT molecular complexity index is 191. The lowest BCUT2D eigenvalue weighted by molar-refractivity contribution is -0.00990. The molecule has 17 heavy (non-hydrogen) atoms. The van der Waals surface area contributed by atoms with E-state index in [-0.39, 0.29) is 5.60 Å². The summed E-state index contributed by atoms with van der Waals surface area (Å²) in [6.07, 6.45) is 3.17. The number of methoxy groups -OCH3 is 1. The van der Waals surface area contributed by atoms with Crippen LogP contribution >= 0.6 is 0 Å². The summed E-state index contributed by atoms with van der Waals surface area (Å²) in [6.45, 7) is 8.40. The van der Waals surface area contributed by atoms with Gasteiger partial charge in [0, 0.05) is 39.5 Å². The summed E-state index contributed by atoms with van der Waals surface area (Å²) in [4.78, 5) is 0. The van der Waals surface area contributed by atoms with Gasteiger partial charge in [0.2, 0.25) is 0 Å². The number of rotatable bonds is 8. The van der Waals surface area contributed by atoms with Gasteiger partial charge >= 0.3 is 0 Å². The van der Waals surface area contributed by atoms with E-state index < -0.39 is 0 Å². The molecule has 0 aromatic heterocycles. The van der Waals surface area contributed by atoms with Crippen LogP contribution in [0.1, 0.15) is 33.1 Å². The summed E-state index contributed by atoms with van der Waals surface area (Å²) < 4.78 is 16.2. The first-order valence-electron chi connectivity index (χ1n) is 6.58. The van der Waals surface area contributed by atoms with Crippen molar-refractivity contribution in [2.45, 2.75) is 44.8 Å². The molecule has 102 valence electrons. The molecule has 0 aliphatic carbocycles. The lowest BCUT2D eigenvalue weighted by Gasteiger charge is -2.24. The molecule has 1 saturated heterocycles. The third kappa shape index (κ3) is 6.99. The monoisotopic (exact) mass is 245 g/mol. The van der Waals surface area contributed by atoms with E-state index in [1.807, 2.05) is 0 Å². The Morgan fingerprint density at radius 1 is 1.24 bits per heavy atom. The number of nitrogens with one attached hydrogen (secondary N) is 1. The maximum Gasteiger partial charge on any atom is 0.0644 e. The van der Waals surface area contributed by atoms with E-state index in [0.29, 0.717) is 6.04 Å². The van der Waals surface area contributed by atoms with E-state index in [2.05, 4.69) is 19.2 Å². The molecule has 0 amide bonds. The molecule has 1 aliphatic heterocycles. The minimum atomic E-state index is -0.0753. The first-order valence-corrected chi connectivity index (χ1v) is 6.58. The summed E-state index contributed by atoms with van der Waals surface area (Å²) in [7, 11) is 1.74. The Morgan fingerprint density at radius 2 is 1.94 bits per heavy atom. The standard InChI is InChI=1S/C13H27NO3/c1-13(2,15-3)6-10-17-11-7-14-12-4-8-16-9-5-12/h12,14H,4-11H2,1-3H3. The van der Waals surface area contributed by atoms with Crippen molar-refractivity contribution in [3.63, 3.8) is 0 Å². The van der Waals surface area contributed by atoms with Crippen LogP contribution in [0.5, 0.6) is 0 Å². The van der Waals surface area contributed by atoms with Crippen molar-refractivity contribution >= 4 is 0 Å². The van der Waals surface area contributed by atoms with Crippen LogP contribution in [0, 0.1) is 0 Å². The molecule has 0 aromatic rings. The van der Waals surface area contributed by atoms with Gasteiger partial charge in [-0.3, -0.25) is 0 Å². The average Bonchev–Trinajstić information content (AvgIpc) is 2.35. The molecule has 0 atom stereocenters. The molecular formula is C13H27NO3. The van der Waals surface area contributed by atoms with Crippen molar-refractivity contribution < 1.29 is 14.2 Å². The van der Waals surface area contributed by atoms with E-state index in [1.165, 1.54) is 0 Å². The Hall–Kier alpha value is -0.160. The molecule has 1 N–H and O–H groups in total. The fourth-order valence-corrected chi connectivity index (χ4v) is 1.76. The summed E-state index contributed by atoms with van der Waals surface area (Å²) in [6, 6.07) is 0.614. The van der Waals surface area contributed by atoms with Gasteiger partial charge in [0.25, 0.3) is 0 Å². The van der Waals surface area contributed by atoms with E-state index in [0.717, 1.165) is 52.2 Å². The Labute approximate surface area is 105 Å². The summed E-state index contributed by atoms with van der Waals surface area (Å²) in [5, 5.41) is 3.50. The molecule has 0 saturated carbocycles. The minimum absolute atomic E-state index is 0.0753. The molecule has 4 nitrogen and oxygen atoms in total. The van der Waals surface area contributed by atoms with E-state index >= 15 is 0 Å². The van der Waals surface area contributed by atoms with Crippen molar-refractivity contribution in [2.24, 2.45) is 0 Å². The van der Waals surface area contributed by atoms with Gasteiger partial charge in [0.05, 0.1) is 12.2 Å². The number of hydrogen-bond donors (Lipinski definition) is 1. The second-order valence-electron chi connectivity index (χ2n) is 5.17. The normalized spacial score (nSPS) is 18.5. The molecule has 0 radical (unpaired) electrons. The second-order valence-corrected chi connectivity index (χ2v) is 5.17. The third-order valence-corrected chi connectivity index (χ3v) is 3.30. The molecule has 0 spiro atoms. The number of ether oxygens (including phenoxy) is 3. The van der Waals surface area contributed by atoms with Gasteiger partial charge in [-0.15, -0.1) is 0 Å².